The molecule has 4 nitrogen and oxygen atoms in total. The van der Waals surface area contributed by atoms with E-state index in [0.29, 0.717) is 5.69 Å². The van der Waals surface area contributed by atoms with Gasteiger partial charge in [-0.25, -0.2) is 4.98 Å². The zero-order chi connectivity index (χ0) is 16.3. The van der Waals surface area contributed by atoms with Crippen LogP contribution in [0.5, 0.6) is 5.75 Å². The second kappa shape index (κ2) is 6.53. The number of carbonyl (C=O) groups is 1. The molecule has 22 heavy (non-hydrogen) atoms. The molecule has 0 aliphatic heterocycles. The Morgan fingerprint density at radius 2 is 1.82 bits per heavy atom. The first-order valence-corrected chi connectivity index (χ1v) is 6.91. The number of nitrogens with zero attached hydrogens (tertiary/aromatic N) is 1. The van der Waals surface area contributed by atoms with Crippen molar-refractivity contribution in [1.29, 1.82) is 0 Å². The van der Waals surface area contributed by atoms with Crippen molar-refractivity contribution < 1.29 is 22.7 Å². The number of aromatic nitrogens is 1. The van der Waals surface area contributed by atoms with Crippen molar-refractivity contribution in [3.05, 3.63) is 51.7 Å². The average molecular weight is 396 g/mol. The van der Waals surface area contributed by atoms with Gasteiger partial charge in [-0.1, -0.05) is 11.6 Å². The van der Waals surface area contributed by atoms with Crippen molar-refractivity contribution in [2.24, 2.45) is 0 Å². The van der Waals surface area contributed by atoms with Gasteiger partial charge in [0, 0.05) is 5.69 Å². The quantitative estimate of drug-likeness (QED) is 0.770. The monoisotopic (exact) mass is 394 g/mol. The van der Waals surface area contributed by atoms with Crippen LogP contribution in [-0.2, 0) is 0 Å². The first kappa shape index (κ1) is 16.6. The van der Waals surface area contributed by atoms with Crippen LogP contribution >= 0.6 is 27.5 Å². The Bertz CT molecular complexity index is 693. The van der Waals surface area contributed by atoms with Crippen molar-refractivity contribution in [1.82, 2.24) is 4.98 Å². The maximum atomic E-state index is 12.0. The second-order valence-corrected chi connectivity index (χ2v) is 5.14. The number of nitrogens with one attached hydrogen (secondary N) is 1. The third-order valence-corrected chi connectivity index (χ3v) is 3.22. The molecule has 116 valence electrons. The highest BCUT2D eigenvalue weighted by atomic mass is 79.9. The summed E-state index contributed by atoms with van der Waals surface area (Å²) in [4.78, 5) is 15.9. The van der Waals surface area contributed by atoms with E-state index in [1.807, 2.05) is 0 Å². The Kier molecular flexibility index (Phi) is 4.92. The maximum Gasteiger partial charge on any atom is 0.573 e. The topological polar surface area (TPSA) is 51.2 Å². The number of rotatable bonds is 3. The normalized spacial score (nSPS) is 11.1. The highest BCUT2D eigenvalue weighted by Gasteiger charge is 2.30. The highest BCUT2D eigenvalue weighted by Crippen LogP contribution is 2.24. The molecule has 1 aromatic heterocycles. The SMILES string of the molecule is O=C(Nc1ccc(OC(F)(F)F)cc1)c1ccc(Cl)nc1Br. The number of benzene rings is 1. The van der Waals surface area contributed by atoms with Crippen LogP contribution in [0.2, 0.25) is 5.15 Å². The van der Waals surface area contributed by atoms with Crippen LogP contribution in [0.1, 0.15) is 10.4 Å². The van der Waals surface area contributed by atoms with Gasteiger partial charge < -0.3 is 10.1 Å². The zero-order valence-electron chi connectivity index (χ0n) is 10.6. The predicted octanol–water partition coefficient (Wildman–Crippen LogP) is 4.65. The summed E-state index contributed by atoms with van der Waals surface area (Å²) < 4.78 is 40.1. The fourth-order valence-corrected chi connectivity index (χ4v) is 2.27. The molecule has 0 unspecified atom stereocenters. The summed E-state index contributed by atoms with van der Waals surface area (Å²) in [6.45, 7) is 0. The van der Waals surface area contributed by atoms with Crippen LogP contribution < -0.4 is 10.1 Å². The van der Waals surface area contributed by atoms with Crippen LogP contribution in [0.25, 0.3) is 0 Å². The predicted molar refractivity (Wildman–Crippen MR) is 78.0 cm³/mol. The van der Waals surface area contributed by atoms with E-state index in [0.717, 1.165) is 12.1 Å². The molecule has 9 heteroatoms. The van der Waals surface area contributed by atoms with Gasteiger partial charge in [0.25, 0.3) is 5.91 Å². The van der Waals surface area contributed by atoms with E-state index in [9.17, 15) is 18.0 Å². The van der Waals surface area contributed by atoms with Gasteiger partial charge in [-0.3, -0.25) is 4.79 Å². The van der Waals surface area contributed by atoms with E-state index in [4.69, 9.17) is 11.6 Å². The Balaban J connectivity index is 2.09. The number of pyridine rings is 1. The maximum absolute atomic E-state index is 12.0. The molecule has 1 heterocycles. The summed E-state index contributed by atoms with van der Waals surface area (Å²) in [5.41, 5.74) is 0.543. The van der Waals surface area contributed by atoms with Crippen LogP contribution in [0.15, 0.2) is 41.0 Å². The molecule has 1 N–H and O–H groups in total. The molecule has 1 aromatic carbocycles. The fourth-order valence-electron chi connectivity index (χ4n) is 1.52. The molecule has 0 bridgehead atoms. The summed E-state index contributed by atoms with van der Waals surface area (Å²) in [6.07, 6.45) is -4.76. The van der Waals surface area contributed by atoms with E-state index < -0.39 is 12.3 Å². The third kappa shape index (κ3) is 4.60. The molecule has 0 spiro atoms. The van der Waals surface area contributed by atoms with E-state index in [-0.39, 0.29) is 21.1 Å². The first-order chi connectivity index (χ1) is 10.2. The minimum atomic E-state index is -4.76. The lowest BCUT2D eigenvalue weighted by Gasteiger charge is -2.10. The second-order valence-electron chi connectivity index (χ2n) is 4.00. The smallest absolute Gasteiger partial charge is 0.406 e. The van der Waals surface area contributed by atoms with Gasteiger partial charge in [0.15, 0.2) is 0 Å². The van der Waals surface area contributed by atoms with E-state index >= 15 is 0 Å². The minimum absolute atomic E-state index is 0.220. The van der Waals surface area contributed by atoms with Crippen molar-refractivity contribution in [3.8, 4) is 5.75 Å². The van der Waals surface area contributed by atoms with E-state index in [1.165, 1.54) is 24.3 Å². The zero-order valence-corrected chi connectivity index (χ0v) is 13.0. The molecule has 0 saturated carbocycles. The lowest BCUT2D eigenvalue weighted by Crippen LogP contribution is -2.17. The number of alkyl halides is 3. The number of hydrogen-bond donors (Lipinski definition) is 1. The number of amides is 1. The van der Waals surface area contributed by atoms with Gasteiger partial charge in [-0.2, -0.15) is 0 Å². The van der Waals surface area contributed by atoms with Gasteiger partial charge in [-0.05, 0) is 52.3 Å². The largest absolute Gasteiger partial charge is 0.573 e. The van der Waals surface area contributed by atoms with E-state index in [2.05, 4.69) is 31.0 Å². The Hall–Kier alpha value is -1.80. The lowest BCUT2D eigenvalue weighted by atomic mass is 10.2. The Morgan fingerprint density at radius 1 is 1.18 bits per heavy atom. The molecule has 0 aliphatic rings. The molecule has 2 rings (SSSR count). The summed E-state index contributed by atoms with van der Waals surface area (Å²) in [5, 5.41) is 2.74. The van der Waals surface area contributed by atoms with E-state index in [1.54, 1.807) is 0 Å². The Labute approximate surface area is 136 Å². The van der Waals surface area contributed by atoms with Gasteiger partial charge in [0.2, 0.25) is 0 Å². The van der Waals surface area contributed by atoms with Crippen LogP contribution in [0, 0.1) is 0 Å². The Morgan fingerprint density at radius 3 is 2.36 bits per heavy atom. The molecular formula is C13H7BrClF3N2O2. The third-order valence-electron chi connectivity index (χ3n) is 2.41. The van der Waals surface area contributed by atoms with Gasteiger partial charge >= 0.3 is 6.36 Å². The molecular weight excluding hydrogens is 389 g/mol. The number of anilines is 1. The van der Waals surface area contributed by atoms with Gasteiger partial charge in [0.1, 0.15) is 15.5 Å². The fraction of sp³-hybridized carbons (Fsp3) is 0.0769. The molecule has 0 atom stereocenters. The summed E-state index contributed by atoms with van der Waals surface area (Å²) >= 11 is 8.78. The van der Waals surface area contributed by atoms with Crippen LogP contribution in [0.4, 0.5) is 18.9 Å². The van der Waals surface area contributed by atoms with Crippen molar-refractivity contribution >= 4 is 39.1 Å². The molecule has 0 radical (unpaired) electrons. The van der Waals surface area contributed by atoms with Crippen LogP contribution in [0.3, 0.4) is 0 Å². The molecule has 1 amide bonds. The van der Waals surface area contributed by atoms with Gasteiger partial charge in [-0.15, -0.1) is 13.2 Å². The lowest BCUT2D eigenvalue weighted by molar-refractivity contribution is -0.274. The molecule has 0 saturated heterocycles. The summed E-state index contributed by atoms with van der Waals surface area (Å²) in [5.74, 6) is -0.861. The van der Waals surface area contributed by atoms with Crippen LogP contribution in [-0.4, -0.2) is 17.3 Å². The van der Waals surface area contributed by atoms with Crippen molar-refractivity contribution in [2.75, 3.05) is 5.32 Å². The number of hydrogen-bond acceptors (Lipinski definition) is 3. The highest BCUT2D eigenvalue weighted by molar-refractivity contribution is 9.10. The molecule has 2 aromatic rings. The summed E-state index contributed by atoms with van der Waals surface area (Å²) in [6, 6.07) is 7.68. The number of halogens is 5. The van der Waals surface area contributed by atoms with Gasteiger partial charge in [0.05, 0.1) is 5.56 Å². The molecule has 0 aliphatic carbocycles. The average Bonchev–Trinajstić information content (AvgIpc) is 2.39. The number of ether oxygens (including phenoxy) is 1. The first-order valence-electron chi connectivity index (χ1n) is 5.74. The molecule has 0 fully saturated rings. The standard InChI is InChI=1S/C13H7BrClF3N2O2/c14-11-9(5-6-10(15)20-11)12(21)19-7-1-3-8(4-2-7)22-13(16,17)18/h1-6H,(H,19,21). The minimum Gasteiger partial charge on any atom is -0.406 e. The van der Waals surface area contributed by atoms with Crippen molar-refractivity contribution in [2.45, 2.75) is 6.36 Å². The summed E-state index contributed by atoms with van der Waals surface area (Å²) in [7, 11) is 0. The van der Waals surface area contributed by atoms with Crippen molar-refractivity contribution in [3.63, 3.8) is 0 Å². The number of carbonyl (C=O) groups excluding carboxylic acids is 1.